The number of hydrogen-bond donors (Lipinski definition) is 1. The Morgan fingerprint density at radius 2 is 2.00 bits per heavy atom. The maximum absolute atomic E-state index is 12.3. The van der Waals surface area contributed by atoms with Gasteiger partial charge in [-0.3, -0.25) is 9.59 Å². The quantitative estimate of drug-likeness (QED) is 0.925. The Bertz CT molecular complexity index is 494. The first-order chi connectivity index (χ1) is 9.86. The van der Waals surface area contributed by atoms with Gasteiger partial charge in [0, 0.05) is 24.0 Å². The molecule has 4 nitrogen and oxygen atoms in total. The molecule has 21 heavy (non-hydrogen) atoms. The summed E-state index contributed by atoms with van der Waals surface area (Å²) in [6.45, 7) is 0.0323. The average Bonchev–Trinajstić information content (AvgIpc) is 2.90. The van der Waals surface area contributed by atoms with E-state index in [0.717, 1.165) is 9.78 Å². The molecule has 1 fully saturated rings. The van der Waals surface area contributed by atoms with Crippen molar-refractivity contribution in [1.82, 2.24) is 10.2 Å². The highest BCUT2D eigenvalue weighted by Gasteiger charge is 2.43. The van der Waals surface area contributed by atoms with Gasteiger partial charge in [0.2, 0.25) is 5.91 Å². The van der Waals surface area contributed by atoms with Crippen molar-refractivity contribution in [3.63, 3.8) is 0 Å². The van der Waals surface area contributed by atoms with Gasteiger partial charge in [-0.2, -0.15) is 13.2 Å². The van der Waals surface area contributed by atoms with Gasteiger partial charge in [-0.15, -0.1) is 11.3 Å². The van der Waals surface area contributed by atoms with Crippen molar-refractivity contribution < 1.29 is 22.8 Å². The molecule has 1 aliphatic rings. The molecule has 2 amide bonds. The fraction of sp³-hybridized carbons (Fsp3) is 0.538. The third-order valence-corrected chi connectivity index (χ3v) is 4.18. The van der Waals surface area contributed by atoms with E-state index < -0.39 is 12.1 Å². The number of nitrogens with one attached hydrogen (secondary N) is 1. The number of alkyl halides is 3. The minimum absolute atomic E-state index is 0.0162. The lowest BCUT2D eigenvalue weighted by Crippen LogP contribution is -2.50. The normalized spacial score (nSPS) is 16.8. The summed E-state index contributed by atoms with van der Waals surface area (Å²) in [5.41, 5.74) is 0. The second kappa shape index (κ2) is 6.46. The summed E-state index contributed by atoms with van der Waals surface area (Å²) in [5, 5.41) is 4.68. The van der Waals surface area contributed by atoms with Crippen LogP contribution in [-0.2, 0) is 16.0 Å². The Hall–Kier alpha value is -1.57. The molecule has 1 aliphatic heterocycles. The number of hydrogen-bond acceptors (Lipinski definition) is 3. The minimum atomic E-state index is -4.82. The topological polar surface area (TPSA) is 49.4 Å². The zero-order valence-corrected chi connectivity index (χ0v) is 12.0. The van der Waals surface area contributed by atoms with Crippen molar-refractivity contribution in [3.8, 4) is 0 Å². The summed E-state index contributed by atoms with van der Waals surface area (Å²) in [6.07, 6.45) is -3.86. The van der Waals surface area contributed by atoms with Crippen molar-refractivity contribution >= 4 is 23.2 Å². The third kappa shape index (κ3) is 4.45. The van der Waals surface area contributed by atoms with Crippen molar-refractivity contribution in [2.75, 3.05) is 13.1 Å². The molecule has 2 heterocycles. The van der Waals surface area contributed by atoms with Crippen LogP contribution in [0.5, 0.6) is 0 Å². The molecule has 0 atom stereocenters. The number of amides is 2. The highest BCUT2D eigenvalue weighted by molar-refractivity contribution is 7.10. The standard InChI is InChI=1S/C13H15F3N2O2S/c14-13(15,16)12(20)18-5-3-9(4-6-18)17-11(19)8-10-2-1-7-21-10/h1-2,7,9H,3-6,8H2,(H,17,19). The van der Waals surface area contributed by atoms with E-state index in [2.05, 4.69) is 5.32 Å². The second-order valence-electron chi connectivity index (χ2n) is 4.89. The number of piperidine rings is 1. The largest absolute Gasteiger partial charge is 0.471 e. The molecule has 0 radical (unpaired) electrons. The smallest absolute Gasteiger partial charge is 0.353 e. The molecule has 0 bridgehead atoms. The predicted octanol–water partition coefficient (Wildman–Crippen LogP) is 1.96. The Balaban J connectivity index is 1.76. The van der Waals surface area contributed by atoms with E-state index in [4.69, 9.17) is 0 Å². The summed E-state index contributed by atoms with van der Waals surface area (Å²) >= 11 is 1.48. The van der Waals surface area contributed by atoms with Crippen molar-refractivity contribution in [2.24, 2.45) is 0 Å². The molecule has 1 aromatic rings. The van der Waals surface area contributed by atoms with Gasteiger partial charge in [0.15, 0.2) is 0 Å². The molecule has 1 aromatic heterocycles. The summed E-state index contributed by atoms with van der Waals surface area (Å²) in [5.74, 6) is -1.94. The van der Waals surface area contributed by atoms with Crippen molar-refractivity contribution in [3.05, 3.63) is 22.4 Å². The predicted molar refractivity (Wildman–Crippen MR) is 71.8 cm³/mol. The molecule has 0 spiro atoms. The lowest BCUT2D eigenvalue weighted by molar-refractivity contribution is -0.186. The fourth-order valence-corrected chi connectivity index (χ4v) is 2.96. The minimum Gasteiger partial charge on any atom is -0.353 e. The van der Waals surface area contributed by atoms with Crippen LogP contribution in [0.25, 0.3) is 0 Å². The van der Waals surface area contributed by atoms with Crippen LogP contribution in [-0.4, -0.2) is 42.0 Å². The van der Waals surface area contributed by atoms with Gasteiger partial charge in [-0.1, -0.05) is 6.07 Å². The molecule has 0 aromatic carbocycles. The Kier molecular flexibility index (Phi) is 4.87. The highest BCUT2D eigenvalue weighted by Crippen LogP contribution is 2.21. The van der Waals surface area contributed by atoms with Gasteiger partial charge in [-0.25, -0.2) is 0 Å². The van der Waals surface area contributed by atoms with Crippen LogP contribution in [0.15, 0.2) is 17.5 Å². The number of carbonyl (C=O) groups is 2. The molecule has 8 heteroatoms. The van der Waals surface area contributed by atoms with Gasteiger partial charge in [0.25, 0.3) is 0 Å². The fourth-order valence-electron chi connectivity index (χ4n) is 2.26. The Morgan fingerprint density at radius 3 is 2.52 bits per heavy atom. The summed E-state index contributed by atoms with van der Waals surface area (Å²) in [7, 11) is 0. The van der Waals surface area contributed by atoms with E-state index in [1.807, 2.05) is 17.5 Å². The summed E-state index contributed by atoms with van der Waals surface area (Å²) in [4.78, 5) is 24.6. The molecule has 2 rings (SSSR count). The second-order valence-corrected chi connectivity index (χ2v) is 5.92. The van der Waals surface area contributed by atoms with Crippen LogP contribution < -0.4 is 5.32 Å². The Morgan fingerprint density at radius 1 is 1.33 bits per heavy atom. The maximum Gasteiger partial charge on any atom is 0.471 e. The Labute approximate surface area is 123 Å². The first kappa shape index (κ1) is 15.8. The maximum atomic E-state index is 12.3. The van der Waals surface area contributed by atoms with E-state index in [1.54, 1.807) is 0 Å². The number of thiophene rings is 1. The van der Waals surface area contributed by atoms with Gasteiger partial charge in [-0.05, 0) is 24.3 Å². The van der Waals surface area contributed by atoms with Gasteiger partial charge < -0.3 is 10.2 Å². The van der Waals surface area contributed by atoms with Gasteiger partial charge in [0.1, 0.15) is 0 Å². The van der Waals surface area contributed by atoms with E-state index in [-0.39, 0.29) is 31.5 Å². The molecule has 1 N–H and O–H groups in total. The van der Waals surface area contributed by atoms with Crippen LogP contribution >= 0.6 is 11.3 Å². The number of rotatable bonds is 3. The van der Waals surface area contributed by atoms with E-state index in [0.29, 0.717) is 12.8 Å². The molecule has 116 valence electrons. The van der Waals surface area contributed by atoms with Crippen LogP contribution in [0.3, 0.4) is 0 Å². The van der Waals surface area contributed by atoms with E-state index in [1.165, 1.54) is 11.3 Å². The SMILES string of the molecule is O=C(Cc1cccs1)NC1CCN(C(=O)C(F)(F)F)CC1. The molecule has 0 aliphatic carbocycles. The van der Waals surface area contributed by atoms with E-state index in [9.17, 15) is 22.8 Å². The zero-order valence-electron chi connectivity index (χ0n) is 11.2. The number of halogens is 3. The van der Waals surface area contributed by atoms with Crippen molar-refractivity contribution in [1.29, 1.82) is 0 Å². The van der Waals surface area contributed by atoms with Crippen LogP contribution in [0.1, 0.15) is 17.7 Å². The average molecular weight is 320 g/mol. The summed E-state index contributed by atoms with van der Waals surface area (Å²) in [6, 6.07) is 3.54. The zero-order chi connectivity index (χ0) is 15.5. The lowest BCUT2D eigenvalue weighted by atomic mass is 10.0. The highest BCUT2D eigenvalue weighted by atomic mass is 32.1. The summed E-state index contributed by atoms with van der Waals surface area (Å²) < 4.78 is 36.9. The first-order valence-electron chi connectivity index (χ1n) is 6.54. The molecular weight excluding hydrogens is 305 g/mol. The molecular formula is C13H15F3N2O2S. The van der Waals surface area contributed by atoms with Gasteiger partial charge in [0.05, 0.1) is 6.42 Å². The lowest BCUT2D eigenvalue weighted by Gasteiger charge is -2.32. The molecule has 0 unspecified atom stereocenters. The molecule has 0 saturated carbocycles. The third-order valence-electron chi connectivity index (χ3n) is 3.30. The number of nitrogens with zero attached hydrogens (tertiary/aromatic N) is 1. The van der Waals surface area contributed by atoms with E-state index >= 15 is 0 Å². The van der Waals surface area contributed by atoms with Crippen molar-refractivity contribution in [2.45, 2.75) is 31.5 Å². The van der Waals surface area contributed by atoms with Gasteiger partial charge >= 0.3 is 12.1 Å². The monoisotopic (exact) mass is 320 g/mol. The molecule has 1 saturated heterocycles. The van der Waals surface area contributed by atoms with Crippen LogP contribution in [0.2, 0.25) is 0 Å². The number of likely N-dealkylation sites (tertiary alicyclic amines) is 1. The van der Waals surface area contributed by atoms with Crippen LogP contribution in [0, 0.1) is 0 Å². The number of carbonyl (C=O) groups excluding carboxylic acids is 2. The van der Waals surface area contributed by atoms with Crippen LogP contribution in [0.4, 0.5) is 13.2 Å². The first-order valence-corrected chi connectivity index (χ1v) is 7.42.